The Hall–Kier alpha value is -11.1. The molecule has 0 saturated carbocycles. The van der Waals surface area contributed by atoms with Gasteiger partial charge in [-0.1, -0.05) is 97.1 Å². The lowest BCUT2D eigenvalue weighted by molar-refractivity contribution is -0.193. The van der Waals surface area contributed by atoms with E-state index >= 15 is 0 Å². The Kier molecular flexibility index (Phi) is 53.2. The molecule has 0 unspecified atom stereocenters. The van der Waals surface area contributed by atoms with Crippen LogP contribution < -0.4 is 37.5 Å². The van der Waals surface area contributed by atoms with E-state index in [2.05, 4.69) is 38.1 Å². The van der Waals surface area contributed by atoms with E-state index in [1.165, 1.54) is 0 Å². The number of alkyl carbamates (subject to hydrolysis) is 2. The maximum absolute atomic E-state index is 14.1. The molecule has 0 spiro atoms. The number of benzene rings is 5. The Morgan fingerprint density at radius 3 is 1.02 bits per heavy atom. The van der Waals surface area contributed by atoms with E-state index in [1.54, 1.807) is 62.3 Å². The van der Waals surface area contributed by atoms with E-state index < -0.39 is 119 Å². The zero-order valence-electron chi connectivity index (χ0n) is 70.0. The molecule has 2 aliphatic carbocycles. The molecule has 37 heteroatoms. The van der Waals surface area contributed by atoms with E-state index in [1.807, 2.05) is 106 Å². The molecule has 0 bridgehead atoms. The maximum atomic E-state index is 14.1. The Morgan fingerprint density at radius 2 is 0.694 bits per heavy atom. The van der Waals surface area contributed by atoms with Crippen molar-refractivity contribution in [3.05, 3.63) is 148 Å². The molecule has 0 fully saturated rings. The summed E-state index contributed by atoms with van der Waals surface area (Å²) in [5, 5.41) is 10.2. The number of amides is 4. The monoisotopic (exact) mass is 1710 g/mol. The Bertz CT molecular complexity index is 3970. The fourth-order valence-electron chi connectivity index (χ4n) is 11.0. The highest BCUT2D eigenvalue weighted by atomic mass is 19.2. The van der Waals surface area contributed by atoms with Gasteiger partial charge in [-0.05, 0) is 147 Å². The average Bonchev–Trinajstić information content (AvgIpc) is 1.64. The third-order valence-corrected chi connectivity index (χ3v) is 15.9. The molecule has 0 aliphatic heterocycles. The third-order valence-electron chi connectivity index (χ3n) is 15.9. The molecule has 0 radical (unpaired) electrons. The van der Waals surface area contributed by atoms with Crippen LogP contribution in [-0.4, -0.2) is 213 Å². The maximum Gasteiger partial charge on any atom is 0.407 e. The molecule has 5 aromatic carbocycles. The summed E-state index contributed by atoms with van der Waals surface area (Å²) in [7, 11) is 0. The van der Waals surface area contributed by atoms with Crippen LogP contribution in [0.25, 0.3) is 22.3 Å². The number of carbonyl (C=O) groups is 8. The second kappa shape index (κ2) is 59.6. The molecular weight excluding hydrogens is 1600 g/mol. The van der Waals surface area contributed by atoms with Crippen molar-refractivity contribution in [2.75, 3.05) is 112 Å². The first-order chi connectivity index (χ1) is 57.4. The second-order valence-electron chi connectivity index (χ2n) is 28.4. The van der Waals surface area contributed by atoms with E-state index in [9.17, 15) is 60.3 Å². The quantitative estimate of drug-likeness (QED) is 0.00405. The van der Waals surface area contributed by atoms with Crippen molar-refractivity contribution < 1.29 is 146 Å². The van der Waals surface area contributed by atoms with Gasteiger partial charge in [-0.3, -0.25) is 24.0 Å². The van der Waals surface area contributed by atoms with Gasteiger partial charge in [0, 0.05) is 70.6 Å². The number of nitrogens with one attached hydrogen (secondary N) is 4. The number of esters is 4. The highest BCUT2D eigenvalue weighted by Gasteiger charge is 2.36. The Morgan fingerprint density at radius 1 is 0.405 bits per heavy atom. The van der Waals surface area contributed by atoms with Gasteiger partial charge in [-0.15, -0.1) is 0 Å². The Labute approximate surface area is 699 Å². The first-order valence-corrected chi connectivity index (χ1v) is 38.5. The fourth-order valence-corrected chi connectivity index (χ4v) is 11.0. The molecule has 0 heterocycles. The third kappa shape index (κ3) is 43.6. The van der Waals surface area contributed by atoms with Crippen molar-refractivity contribution in [1.82, 2.24) is 21.3 Å². The van der Waals surface area contributed by atoms with Crippen LogP contribution in [-0.2, 0) is 110 Å². The largest absolute Gasteiger partial charge is 0.460 e. The fraction of sp³-hybridized carbons (Fsp3) is 0.512. The predicted octanol–water partition coefficient (Wildman–Crippen LogP) is 9.35. The van der Waals surface area contributed by atoms with Gasteiger partial charge in [-0.25, -0.2) is 27.6 Å². The van der Waals surface area contributed by atoms with E-state index in [4.69, 9.17) is 92.3 Å². The summed E-state index contributed by atoms with van der Waals surface area (Å²) in [6.07, 6.45) is -1.71. The molecule has 0 aromatic heterocycles. The average molecular weight is 1720 g/mol. The minimum atomic E-state index is -2.44. The first kappa shape index (κ1) is 108. The van der Waals surface area contributed by atoms with Crippen molar-refractivity contribution >= 4 is 66.3 Å². The smallest absolute Gasteiger partial charge is 0.407 e. The predicted molar refractivity (Wildman–Crippen MR) is 421 cm³/mol. The van der Waals surface area contributed by atoms with Gasteiger partial charge >= 0.3 is 54.5 Å². The molecule has 2 aliphatic rings. The summed E-state index contributed by atoms with van der Waals surface area (Å²) in [4.78, 5) is 148. The lowest BCUT2D eigenvalue weighted by atomic mass is 9.98. The number of rotatable bonds is 39. The Balaban J connectivity index is 0.000000849. The summed E-state index contributed by atoms with van der Waals surface area (Å²) < 4.78 is 131. The van der Waals surface area contributed by atoms with Crippen LogP contribution in [0, 0.1) is 29.1 Å². The van der Waals surface area contributed by atoms with Crippen LogP contribution in [0.15, 0.2) is 97.1 Å². The van der Waals surface area contributed by atoms with Crippen molar-refractivity contribution in [2.24, 2.45) is 11.5 Å². The number of fused-ring (bicyclic) bond motifs is 6. The van der Waals surface area contributed by atoms with Gasteiger partial charge < -0.3 is 89.6 Å². The standard InChI is InChI=1S/C30H26F5NO6.C30H40N2O7.C15H30N2O5.C6H15NO2.3CO2/c1-30(2,3)42-21(37)13-12-20(28(38)41-27-25(34)23(32)22(31)24(33)26(27)35)36-29(39)40-14-19-17-10-6-4-8-15(17)16-9-5-7-11-18(16)19;1-5-36-18-19-37-17-16-31-28(34)26(14-15-27(33)39-30(2,3)4)32-29(35)38-20-25-23-12-8-6-10-21(23)22-11-7-9-13-24(22)25;1-5-20-10-11-21-9-8-17-14(19)12(16)6-7-13(18)22-15(2,3)4;1-2-8-5-6-9-4-3-7;3*2-1-3/h4-11,19-20H,12-14H2,1-3H3,(H,36,39);6-13,25-26H,5,14-20H2,1-4H3,(H,31,34)(H,32,35);12H,5-11,16H2,1-4H3,(H,17,19);2-7H2,1H3;;;/t20-;26-;12-;;;;/m000..../s1. The lowest BCUT2D eigenvalue weighted by Gasteiger charge is -2.22. The first-order valence-electron chi connectivity index (χ1n) is 38.5. The van der Waals surface area contributed by atoms with Crippen molar-refractivity contribution in [2.45, 2.75) is 168 Å². The minimum absolute atomic E-state index is 0.0378. The number of carbonyl (C=O) groups excluding carboxylic acids is 14. The van der Waals surface area contributed by atoms with Crippen LogP contribution in [0.2, 0.25) is 0 Å². The lowest BCUT2D eigenvalue weighted by Crippen LogP contribution is -2.48. The van der Waals surface area contributed by atoms with Gasteiger partial charge in [0.15, 0.2) is 0 Å². The van der Waals surface area contributed by atoms with Gasteiger partial charge in [0.1, 0.15) is 42.1 Å². The number of halogens is 5. The minimum Gasteiger partial charge on any atom is -0.460 e. The molecule has 4 amide bonds. The molecule has 5 aromatic rings. The van der Waals surface area contributed by atoms with Gasteiger partial charge in [-0.2, -0.15) is 37.5 Å². The number of ether oxygens (including phenoxy) is 12. The molecule has 3 atom stereocenters. The highest BCUT2D eigenvalue weighted by molar-refractivity contribution is 5.87. The van der Waals surface area contributed by atoms with Crippen LogP contribution in [0.4, 0.5) is 31.5 Å². The zero-order valence-corrected chi connectivity index (χ0v) is 70.0. The van der Waals surface area contributed by atoms with E-state index in [0.29, 0.717) is 85.8 Å². The summed E-state index contributed by atoms with van der Waals surface area (Å²) in [6, 6.07) is 27.6. The van der Waals surface area contributed by atoms with Crippen LogP contribution in [0.5, 0.6) is 5.75 Å². The van der Waals surface area contributed by atoms with E-state index in [0.717, 1.165) is 51.1 Å². The molecule has 0 saturated heterocycles. The second-order valence-corrected chi connectivity index (χ2v) is 28.4. The van der Waals surface area contributed by atoms with Crippen LogP contribution >= 0.6 is 0 Å². The summed E-state index contributed by atoms with van der Waals surface area (Å²) in [5.74, 6) is -18.1. The van der Waals surface area contributed by atoms with Crippen molar-refractivity contribution in [1.29, 1.82) is 0 Å². The van der Waals surface area contributed by atoms with Crippen LogP contribution in [0.1, 0.15) is 156 Å². The molecule has 668 valence electrons. The molecule has 32 nitrogen and oxygen atoms in total. The topological polar surface area (TPSA) is 450 Å². The van der Waals surface area contributed by atoms with Gasteiger partial charge in [0.05, 0.1) is 65.5 Å². The van der Waals surface area contributed by atoms with Crippen molar-refractivity contribution in [3.63, 3.8) is 0 Å². The molecule has 121 heavy (non-hydrogen) atoms. The summed E-state index contributed by atoms with van der Waals surface area (Å²) in [6.45, 7) is 29.1. The van der Waals surface area contributed by atoms with E-state index in [-0.39, 0.29) is 87.6 Å². The number of hydrogen-bond acceptors (Lipinski definition) is 28. The SMILES string of the molecule is CC(C)(C)OC(=O)CC[C@H](NC(=O)OCC1c2ccccc2-c2ccccc21)C(=O)Oc1c(F)c(F)c(F)c(F)c1F.CCOCCOCCN.CCOCCOCCNC(=O)[C@@H](N)CCC(=O)OC(C)(C)C.CCOCCOCCNC(=O)[C@H](CCC(=O)OC(C)(C)C)NC(=O)OCC1c2ccccc2-c2ccccc21.O=C=O.O=C=O.O=C=O. The summed E-state index contributed by atoms with van der Waals surface area (Å²) in [5.41, 5.74) is 17.0. The molecule has 8 N–H and O–H groups in total. The zero-order chi connectivity index (χ0) is 91.1. The van der Waals surface area contributed by atoms with Gasteiger partial charge in [0.25, 0.3) is 0 Å². The number of nitrogens with two attached hydrogens (primary N) is 2. The number of hydrogen-bond donors (Lipinski definition) is 6. The van der Waals surface area contributed by atoms with Crippen LogP contribution in [0.3, 0.4) is 0 Å². The molecular formula is C84H111F5N6O26. The summed E-state index contributed by atoms with van der Waals surface area (Å²) >= 11 is 0. The normalized spacial score (nSPS) is 12.1. The molecule has 7 rings (SSSR count). The van der Waals surface area contributed by atoms with Gasteiger partial charge in [0.2, 0.25) is 46.6 Å². The highest BCUT2D eigenvalue weighted by Crippen LogP contribution is 2.46. The van der Waals surface area contributed by atoms with Crippen molar-refractivity contribution in [3.8, 4) is 28.0 Å².